The third-order valence-corrected chi connectivity index (χ3v) is 3.82. The highest BCUT2D eigenvalue weighted by Gasteiger charge is 2.16. The zero-order chi connectivity index (χ0) is 15.5. The Hall–Kier alpha value is -1.56. The molecule has 0 aromatic heterocycles. The molecule has 6 heteroatoms. The van der Waals surface area contributed by atoms with E-state index >= 15 is 0 Å². The first kappa shape index (κ1) is 16.5. The third-order valence-electron chi connectivity index (χ3n) is 3.23. The lowest BCUT2D eigenvalue weighted by Gasteiger charge is -2.19. The monoisotopic (exact) mass is 298 g/mol. The van der Waals surface area contributed by atoms with Gasteiger partial charge in [0.05, 0.1) is 11.9 Å². The number of amides is 1. The Labute approximate surface area is 120 Å². The topological polar surface area (TPSA) is 75.3 Å². The number of hydrogen-bond acceptors (Lipinski definition) is 3. The molecule has 0 aliphatic heterocycles. The van der Waals surface area contributed by atoms with Crippen molar-refractivity contribution in [1.82, 2.24) is 5.32 Å². The quantitative estimate of drug-likeness (QED) is 0.874. The Morgan fingerprint density at radius 3 is 2.30 bits per heavy atom. The number of carbonyl (C=O) groups is 1. The summed E-state index contributed by atoms with van der Waals surface area (Å²) in [6.07, 6.45) is 1.08. The van der Waals surface area contributed by atoms with Crippen LogP contribution in [0.3, 0.4) is 0 Å². The van der Waals surface area contributed by atoms with Crippen LogP contribution in [0.1, 0.15) is 36.7 Å². The summed E-state index contributed by atoms with van der Waals surface area (Å²) in [6, 6.07) is 5.04. The van der Waals surface area contributed by atoms with Crippen LogP contribution >= 0.6 is 0 Å². The summed E-state index contributed by atoms with van der Waals surface area (Å²) in [6.45, 7) is 7.72. The fourth-order valence-electron chi connectivity index (χ4n) is 1.64. The first-order valence-corrected chi connectivity index (χ1v) is 8.39. The zero-order valence-corrected chi connectivity index (χ0v) is 13.3. The number of anilines is 1. The standard InChI is InChI=1S/C14H22N2O3S/c1-9(2)11(4)15-14(17)12-7-6-8-13(10(12)3)16-20(5,18)19/h6-9,11,16H,1-5H3,(H,15,17). The lowest BCUT2D eigenvalue weighted by atomic mass is 10.0. The van der Waals surface area contributed by atoms with Crippen molar-refractivity contribution in [1.29, 1.82) is 0 Å². The van der Waals surface area contributed by atoms with Gasteiger partial charge in [-0.15, -0.1) is 0 Å². The molecule has 2 N–H and O–H groups in total. The zero-order valence-electron chi connectivity index (χ0n) is 12.5. The smallest absolute Gasteiger partial charge is 0.251 e. The summed E-state index contributed by atoms with van der Waals surface area (Å²) < 4.78 is 25.0. The molecule has 0 spiro atoms. The van der Waals surface area contributed by atoms with Crippen molar-refractivity contribution in [3.8, 4) is 0 Å². The molecule has 0 heterocycles. The normalized spacial score (nSPS) is 13.1. The van der Waals surface area contributed by atoms with Gasteiger partial charge in [-0.05, 0) is 37.5 Å². The Kier molecular flexibility index (Phi) is 5.16. The molecule has 0 saturated heterocycles. The first-order chi connectivity index (χ1) is 9.11. The molecule has 0 fully saturated rings. The highest BCUT2D eigenvalue weighted by Crippen LogP contribution is 2.20. The van der Waals surface area contributed by atoms with Gasteiger partial charge < -0.3 is 5.32 Å². The number of sulfonamides is 1. The van der Waals surface area contributed by atoms with Crippen molar-refractivity contribution in [3.05, 3.63) is 29.3 Å². The Morgan fingerprint density at radius 1 is 1.20 bits per heavy atom. The average molecular weight is 298 g/mol. The highest BCUT2D eigenvalue weighted by molar-refractivity contribution is 7.92. The van der Waals surface area contributed by atoms with Crippen molar-refractivity contribution < 1.29 is 13.2 Å². The molecule has 1 rings (SSSR count). The number of rotatable bonds is 5. The van der Waals surface area contributed by atoms with Gasteiger partial charge in [0.15, 0.2) is 0 Å². The number of nitrogens with one attached hydrogen (secondary N) is 2. The van der Waals surface area contributed by atoms with Crippen LogP contribution in [-0.2, 0) is 10.0 Å². The van der Waals surface area contributed by atoms with E-state index in [1.54, 1.807) is 25.1 Å². The van der Waals surface area contributed by atoms with E-state index in [1.165, 1.54) is 0 Å². The summed E-state index contributed by atoms with van der Waals surface area (Å²) >= 11 is 0. The summed E-state index contributed by atoms with van der Waals surface area (Å²) in [5, 5.41) is 2.91. The van der Waals surface area contributed by atoms with E-state index in [0.29, 0.717) is 22.7 Å². The van der Waals surface area contributed by atoms with Crippen LogP contribution in [-0.4, -0.2) is 26.6 Å². The van der Waals surface area contributed by atoms with Gasteiger partial charge >= 0.3 is 0 Å². The molecular formula is C14H22N2O3S. The molecule has 5 nitrogen and oxygen atoms in total. The van der Waals surface area contributed by atoms with E-state index in [2.05, 4.69) is 10.0 Å². The molecule has 0 aliphatic carbocycles. The van der Waals surface area contributed by atoms with Crippen LogP contribution in [0.2, 0.25) is 0 Å². The minimum Gasteiger partial charge on any atom is -0.349 e. The number of hydrogen-bond donors (Lipinski definition) is 2. The van der Waals surface area contributed by atoms with Crippen LogP contribution in [0.4, 0.5) is 5.69 Å². The van der Waals surface area contributed by atoms with Crippen molar-refractivity contribution in [3.63, 3.8) is 0 Å². The molecular weight excluding hydrogens is 276 g/mol. The van der Waals surface area contributed by atoms with Crippen LogP contribution in [0, 0.1) is 12.8 Å². The molecule has 0 aliphatic rings. The van der Waals surface area contributed by atoms with Crippen molar-refractivity contribution in [2.75, 3.05) is 11.0 Å². The van der Waals surface area contributed by atoms with Crippen LogP contribution in [0.15, 0.2) is 18.2 Å². The van der Waals surface area contributed by atoms with E-state index < -0.39 is 10.0 Å². The molecule has 1 aromatic rings. The van der Waals surface area contributed by atoms with E-state index in [-0.39, 0.29) is 11.9 Å². The Morgan fingerprint density at radius 2 is 1.80 bits per heavy atom. The van der Waals surface area contributed by atoms with E-state index in [4.69, 9.17) is 0 Å². The maximum atomic E-state index is 12.2. The SMILES string of the molecule is Cc1c(NS(C)(=O)=O)cccc1C(=O)NC(C)C(C)C. The minimum absolute atomic E-state index is 0.0495. The maximum absolute atomic E-state index is 12.2. The fraction of sp³-hybridized carbons (Fsp3) is 0.500. The minimum atomic E-state index is -3.36. The Balaban J connectivity index is 3.02. The van der Waals surface area contributed by atoms with Gasteiger partial charge in [-0.25, -0.2) is 8.42 Å². The number of carbonyl (C=O) groups excluding carboxylic acids is 1. The van der Waals surface area contributed by atoms with Crippen molar-refractivity contribution in [2.24, 2.45) is 5.92 Å². The van der Waals surface area contributed by atoms with Crippen LogP contribution in [0.5, 0.6) is 0 Å². The van der Waals surface area contributed by atoms with E-state index in [9.17, 15) is 13.2 Å². The van der Waals surface area contributed by atoms with Crippen molar-refractivity contribution >= 4 is 21.6 Å². The van der Waals surface area contributed by atoms with Gasteiger partial charge in [-0.3, -0.25) is 9.52 Å². The fourth-order valence-corrected chi connectivity index (χ4v) is 2.26. The average Bonchev–Trinajstić information content (AvgIpc) is 2.29. The molecule has 0 bridgehead atoms. The lowest BCUT2D eigenvalue weighted by Crippen LogP contribution is -2.36. The van der Waals surface area contributed by atoms with E-state index in [1.807, 2.05) is 20.8 Å². The molecule has 1 amide bonds. The molecule has 0 saturated carbocycles. The second-order valence-electron chi connectivity index (χ2n) is 5.36. The summed E-state index contributed by atoms with van der Waals surface area (Å²) in [5.74, 6) is 0.137. The third kappa shape index (κ3) is 4.52. The van der Waals surface area contributed by atoms with Gasteiger partial charge in [0, 0.05) is 11.6 Å². The largest absolute Gasteiger partial charge is 0.349 e. The molecule has 0 radical (unpaired) electrons. The molecule has 20 heavy (non-hydrogen) atoms. The second kappa shape index (κ2) is 6.26. The van der Waals surface area contributed by atoms with Crippen LogP contribution in [0.25, 0.3) is 0 Å². The lowest BCUT2D eigenvalue weighted by molar-refractivity contribution is 0.0930. The molecule has 1 unspecified atom stereocenters. The predicted octanol–water partition coefficient (Wildman–Crippen LogP) is 2.14. The van der Waals surface area contributed by atoms with E-state index in [0.717, 1.165) is 6.26 Å². The number of benzene rings is 1. The van der Waals surface area contributed by atoms with Gasteiger partial charge in [-0.1, -0.05) is 19.9 Å². The molecule has 1 aromatic carbocycles. The Bertz CT molecular complexity index is 594. The summed E-state index contributed by atoms with van der Waals surface area (Å²) in [7, 11) is -3.36. The summed E-state index contributed by atoms with van der Waals surface area (Å²) in [4.78, 5) is 12.2. The maximum Gasteiger partial charge on any atom is 0.251 e. The van der Waals surface area contributed by atoms with Gasteiger partial charge in [0.25, 0.3) is 5.91 Å². The first-order valence-electron chi connectivity index (χ1n) is 6.50. The van der Waals surface area contributed by atoms with Crippen LogP contribution < -0.4 is 10.0 Å². The summed E-state index contributed by atoms with van der Waals surface area (Å²) in [5.41, 5.74) is 1.52. The van der Waals surface area contributed by atoms with Gasteiger partial charge in [0.1, 0.15) is 0 Å². The second-order valence-corrected chi connectivity index (χ2v) is 7.11. The van der Waals surface area contributed by atoms with Gasteiger partial charge in [0.2, 0.25) is 10.0 Å². The highest BCUT2D eigenvalue weighted by atomic mass is 32.2. The van der Waals surface area contributed by atoms with Crippen molar-refractivity contribution in [2.45, 2.75) is 33.7 Å². The molecule has 1 atom stereocenters. The van der Waals surface area contributed by atoms with Gasteiger partial charge in [-0.2, -0.15) is 0 Å². The predicted molar refractivity (Wildman–Crippen MR) is 81.4 cm³/mol. The molecule has 112 valence electrons.